The van der Waals surface area contributed by atoms with Crippen molar-refractivity contribution in [3.8, 4) is 0 Å². The fourth-order valence-corrected chi connectivity index (χ4v) is 2.18. The molecule has 0 atom stereocenters. The Balaban J connectivity index is 1.94. The second kappa shape index (κ2) is 7.09. The molecule has 6 nitrogen and oxygen atoms in total. The SMILES string of the molecule is O=C(Nc1ccc(Br)cc1)Nc1ccc(N[SH](=O)=O)cc1. The van der Waals surface area contributed by atoms with Crippen LogP contribution in [0.25, 0.3) is 0 Å². The zero-order valence-corrected chi connectivity index (χ0v) is 13.1. The number of hydrogen-bond donors (Lipinski definition) is 4. The lowest BCUT2D eigenvalue weighted by atomic mass is 10.3. The molecule has 2 amide bonds. The van der Waals surface area contributed by atoms with Crippen LogP contribution in [-0.2, 0) is 10.9 Å². The molecule has 110 valence electrons. The van der Waals surface area contributed by atoms with E-state index in [9.17, 15) is 13.2 Å². The van der Waals surface area contributed by atoms with E-state index >= 15 is 0 Å². The molecule has 2 aromatic rings. The number of urea groups is 1. The van der Waals surface area contributed by atoms with Crippen LogP contribution in [0.15, 0.2) is 53.0 Å². The minimum Gasteiger partial charge on any atom is -0.308 e. The number of anilines is 3. The molecule has 0 heterocycles. The van der Waals surface area contributed by atoms with Crippen LogP contribution in [0.1, 0.15) is 0 Å². The lowest BCUT2D eigenvalue weighted by molar-refractivity contribution is 0.262. The van der Waals surface area contributed by atoms with Crippen LogP contribution in [-0.4, -0.2) is 14.4 Å². The predicted molar refractivity (Wildman–Crippen MR) is 87.2 cm³/mol. The van der Waals surface area contributed by atoms with Crippen LogP contribution < -0.4 is 15.4 Å². The number of benzene rings is 2. The highest BCUT2D eigenvalue weighted by atomic mass is 79.9. The molecule has 0 saturated carbocycles. The molecule has 8 heteroatoms. The third-order valence-corrected chi connectivity index (χ3v) is 3.43. The number of carbonyl (C=O) groups excluding carboxylic acids is 1. The Morgan fingerprint density at radius 1 is 0.810 bits per heavy atom. The first kappa shape index (κ1) is 15.3. The molecule has 0 radical (unpaired) electrons. The van der Waals surface area contributed by atoms with E-state index in [4.69, 9.17) is 0 Å². The smallest absolute Gasteiger partial charge is 0.308 e. The Labute approximate surface area is 131 Å². The standard InChI is InChI=1S/C13H12BrN3O3S/c14-9-1-3-10(4-2-9)15-13(18)16-11-5-7-12(8-6-11)17-21(19)20/h1-8,21H,(H2,15,16,18)(H,17,19,20). The fourth-order valence-electron chi connectivity index (χ4n) is 1.56. The van der Waals surface area contributed by atoms with E-state index in [0.29, 0.717) is 17.1 Å². The van der Waals surface area contributed by atoms with Gasteiger partial charge in [0.1, 0.15) is 0 Å². The van der Waals surface area contributed by atoms with E-state index in [1.165, 1.54) is 0 Å². The highest BCUT2D eigenvalue weighted by molar-refractivity contribution is 9.10. The predicted octanol–water partition coefficient (Wildman–Crippen LogP) is 3.03. The van der Waals surface area contributed by atoms with Crippen molar-refractivity contribution >= 4 is 49.9 Å². The molecule has 0 aromatic heterocycles. The normalized spacial score (nSPS) is 10.2. The molecule has 0 bridgehead atoms. The van der Waals surface area contributed by atoms with Gasteiger partial charge in [-0.05, 0) is 48.5 Å². The van der Waals surface area contributed by atoms with Crippen LogP contribution in [0.2, 0.25) is 0 Å². The maximum atomic E-state index is 11.8. The molecule has 21 heavy (non-hydrogen) atoms. The lowest BCUT2D eigenvalue weighted by Crippen LogP contribution is -2.19. The summed E-state index contributed by atoms with van der Waals surface area (Å²) in [5.74, 6) is 0. The molecule has 0 saturated heterocycles. The fraction of sp³-hybridized carbons (Fsp3) is 0. The highest BCUT2D eigenvalue weighted by Crippen LogP contribution is 2.16. The van der Waals surface area contributed by atoms with Crippen LogP contribution in [0, 0.1) is 0 Å². The average molecular weight is 370 g/mol. The number of carbonyl (C=O) groups is 1. The summed E-state index contributed by atoms with van der Waals surface area (Å²) in [5.41, 5.74) is 1.65. The number of hydrogen-bond acceptors (Lipinski definition) is 3. The van der Waals surface area contributed by atoms with E-state index in [1.807, 2.05) is 12.1 Å². The Morgan fingerprint density at radius 3 is 1.71 bits per heavy atom. The summed E-state index contributed by atoms with van der Waals surface area (Å²) >= 11 is 3.31. The Hall–Kier alpha value is -2.06. The maximum absolute atomic E-state index is 11.8. The molecule has 2 aromatic carbocycles. The zero-order chi connectivity index (χ0) is 15.2. The maximum Gasteiger partial charge on any atom is 0.323 e. The summed E-state index contributed by atoms with van der Waals surface area (Å²) < 4.78 is 24.2. The number of amides is 2. The molecule has 0 aliphatic rings. The highest BCUT2D eigenvalue weighted by Gasteiger charge is 2.02. The van der Waals surface area contributed by atoms with Crippen molar-refractivity contribution in [2.24, 2.45) is 0 Å². The van der Waals surface area contributed by atoms with Gasteiger partial charge in [-0.25, -0.2) is 13.2 Å². The third kappa shape index (κ3) is 5.09. The van der Waals surface area contributed by atoms with E-state index in [0.717, 1.165) is 4.47 Å². The van der Waals surface area contributed by atoms with Gasteiger partial charge in [0.25, 0.3) is 0 Å². The van der Waals surface area contributed by atoms with Crippen LogP contribution in [0.3, 0.4) is 0 Å². The molecule has 0 unspecified atom stereocenters. The van der Waals surface area contributed by atoms with E-state index in [1.54, 1.807) is 36.4 Å². The van der Waals surface area contributed by atoms with Gasteiger partial charge < -0.3 is 10.6 Å². The molecule has 0 spiro atoms. The van der Waals surface area contributed by atoms with E-state index < -0.39 is 10.9 Å². The monoisotopic (exact) mass is 369 g/mol. The molecule has 0 fully saturated rings. The Bertz CT molecular complexity index is 692. The number of thiol groups is 1. The summed E-state index contributed by atoms with van der Waals surface area (Å²) in [6, 6.07) is 13.1. The summed E-state index contributed by atoms with van der Waals surface area (Å²) in [6.45, 7) is 0. The largest absolute Gasteiger partial charge is 0.323 e. The van der Waals surface area contributed by atoms with Gasteiger partial charge in [0, 0.05) is 21.5 Å². The van der Waals surface area contributed by atoms with E-state index in [2.05, 4.69) is 31.3 Å². The van der Waals surface area contributed by atoms with Crippen molar-refractivity contribution in [2.75, 3.05) is 15.4 Å². The molecule has 0 aliphatic carbocycles. The first-order chi connectivity index (χ1) is 10.0. The number of rotatable bonds is 4. The Kier molecular flexibility index (Phi) is 5.18. The van der Waals surface area contributed by atoms with Gasteiger partial charge >= 0.3 is 6.03 Å². The molecule has 0 aliphatic heterocycles. The van der Waals surface area contributed by atoms with Crippen molar-refractivity contribution in [1.29, 1.82) is 0 Å². The molecular weight excluding hydrogens is 358 g/mol. The topological polar surface area (TPSA) is 87.3 Å². The summed E-state index contributed by atoms with van der Waals surface area (Å²) in [5, 5.41) is 5.33. The Morgan fingerprint density at radius 2 is 1.24 bits per heavy atom. The zero-order valence-electron chi connectivity index (χ0n) is 10.7. The van der Waals surface area contributed by atoms with Gasteiger partial charge in [-0.2, -0.15) is 0 Å². The second-order valence-electron chi connectivity index (χ2n) is 4.03. The second-order valence-corrected chi connectivity index (χ2v) is 5.69. The first-order valence-electron chi connectivity index (χ1n) is 5.87. The minimum atomic E-state index is -2.69. The van der Waals surface area contributed by atoms with Crippen LogP contribution in [0.4, 0.5) is 21.9 Å². The molecular formula is C13H12BrN3O3S. The average Bonchev–Trinajstić information content (AvgIpc) is 2.43. The van der Waals surface area contributed by atoms with Gasteiger partial charge in [-0.3, -0.25) is 4.72 Å². The molecule has 3 N–H and O–H groups in total. The quantitative estimate of drug-likeness (QED) is 0.624. The molecule has 2 rings (SSSR count). The van der Waals surface area contributed by atoms with Crippen LogP contribution in [0.5, 0.6) is 0 Å². The van der Waals surface area contributed by atoms with Crippen LogP contribution >= 0.6 is 15.9 Å². The minimum absolute atomic E-state index is 0.382. The first-order valence-corrected chi connectivity index (χ1v) is 7.85. The summed E-state index contributed by atoms with van der Waals surface area (Å²) in [4.78, 5) is 11.8. The van der Waals surface area contributed by atoms with Gasteiger partial charge in [-0.1, -0.05) is 15.9 Å². The van der Waals surface area contributed by atoms with Gasteiger partial charge in [0.2, 0.25) is 10.9 Å². The van der Waals surface area contributed by atoms with Crippen molar-refractivity contribution in [2.45, 2.75) is 0 Å². The van der Waals surface area contributed by atoms with Crippen molar-refractivity contribution in [3.63, 3.8) is 0 Å². The third-order valence-electron chi connectivity index (χ3n) is 2.47. The lowest BCUT2D eigenvalue weighted by Gasteiger charge is -2.08. The van der Waals surface area contributed by atoms with Gasteiger partial charge in [-0.15, -0.1) is 0 Å². The van der Waals surface area contributed by atoms with Crippen molar-refractivity contribution < 1.29 is 13.2 Å². The number of nitrogens with one attached hydrogen (secondary N) is 3. The van der Waals surface area contributed by atoms with Gasteiger partial charge in [0.05, 0.1) is 0 Å². The van der Waals surface area contributed by atoms with Gasteiger partial charge in [0.15, 0.2) is 0 Å². The summed E-state index contributed by atoms with van der Waals surface area (Å²) in [7, 11) is -2.69. The summed E-state index contributed by atoms with van der Waals surface area (Å²) in [6.07, 6.45) is 0. The van der Waals surface area contributed by atoms with E-state index in [-0.39, 0.29) is 6.03 Å². The number of halogens is 1. The van der Waals surface area contributed by atoms with Crippen molar-refractivity contribution in [1.82, 2.24) is 0 Å². The van der Waals surface area contributed by atoms with Crippen molar-refractivity contribution in [3.05, 3.63) is 53.0 Å².